The third-order valence-corrected chi connectivity index (χ3v) is 6.49. The quantitative estimate of drug-likeness (QED) is 0.640. The molecule has 157 valence electrons. The van der Waals surface area contributed by atoms with Gasteiger partial charge in [0, 0.05) is 17.6 Å². The van der Waals surface area contributed by atoms with E-state index >= 15 is 0 Å². The van der Waals surface area contributed by atoms with Crippen molar-refractivity contribution in [1.29, 1.82) is 0 Å². The zero-order valence-electron chi connectivity index (χ0n) is 16.9. The first-order valence-corrected chi connectivity index (χ1v) is 10.8. The first-order valence-electron chi connectivity index (χ1n) is 10.8. The molecule has 0 bridgehead atoms. The fourth-order valence-corrected chi connectivity index (χ4v) is 5.21. The summed E-state index contributed by atoms with van der Waals surface area (Å²) in [5, 5.41) is 25.8. The van der Waals surface area contributed by atoms with Crippen LogP contribution in [-0.2, 0) is 6.42 Å². The van der Waals surface area contributed by atoms with Crippen molar-refractivity contribution in [3.05, 3.63) is 41.8 Å². The molecule has 1 radical (unpaired) electrons. The van der Waals surface area contributed by atoms with Crippen molar-refractivity contribution in [2.45, 2.75) is 101 Å². The molecule has 3 rings (SSSR count). The highest BCUT2D eigenvalue weighted by molar-refractivity contribution is 5.20. The monoisotopic (exact) mass is 394 g/mol. The molecule has 1 saturated carbocycles. The van der Waals surface area contributed by atoms with E-state index in [1.807, 2.05) is 0 Å². The highest BCUT2D eigenvalue weighted by Crippen LogP contribution is 2.43. The Hall–Kier alpha value is -1.04. The van der Waals surface area contributed by atoms with Crippen LogP contribution in [0.4, 0.5) is 8.78 Å². The molecule has 2 aliphatic rings. The van der Waals surface area contributed by atoms with Gasteiger partial charge in [-0.25, -0.2) is 8.78 Å². The van der Waals surface area contributed by atoms with Crippen molar-refractivity contribution < 1.29 is 19.0 Å². The molecule has 1 spiro atoms. The predicted molar refractivity (Wildman–Crippen MR) is 107 cm³/mol. The van der Waals surface area contributed by atoms with Gasteiger partial charge in [-0.3, -0.25) is 0 Å². The summed E-state index contributed by atoms with van der Waals surface area (Å²) in [6.45, 7) is 2.12. The Morgan fingerprint density at radius 2 is 1.86 bits per heavy atom. The van der Waals surface area contributed by atoms with E-state index in [0.29, 0.717) is 12.0 Å². The van der Waals surface area contributed by atoms with Crippen molar-refractivity contribution in [2.75, 3.05) is 0 Å². The summed E-state index contributed by atoms with van der Waals surface area (Å²) in [4.78, 5) is 0. The van der Waals surface area contributed by atoms with Crippen LogP contribution in [0.25, 0.3) is 0 Å². The minimum atomic E-state index is -0.779. The number of piperidine rings is 1. The zero-order valence-corrected chi connectivity index (χ0v) is 16.9. The lowest BCUT2D eigenvalue weighted by atomic mass is 9.67. The maximum atomic E-state index is 13.4. The van der Waals surface area contributed by atoms with Crippen LogP contribution in [0.2, 0.25) is 0 Å². The number of halogens is 2. The van der Waals surface area contributed by atoms with Gasteiger partial charge in [-0.2, -0.15) is 0 Å². The average molecular weight is 395 g/mol. The second-order valence-electron chi connectivity index (χ2n) is 9.01. The molecule has 1 heterocycles. The number of rotatable bonds is 7. The van der Waals surface area contributed by atoms with E-state index in [9.17, 15) is 19.0 Å². The molecule has 2 fully saturated rings. The molecular weight excluding hydrogens is 360 g/mol. The molecule has 3 nitrogen and oxygen atoms in total. The first kappa shape index (κ1) is 21.7. The topological polar surface area (TPSA) is 52.5 Å². The predicted octanol–water partition coefficient (Wildman–Crippen LogP) is 4.45. The van der Waals surface area contributed by atoms with Gasteiger partial charge in [-0.1, -0.05) is 39.0 Å². The minimum absolute atomic E-state index is 0.108. The SMILES string of the molecule is CCCCC1(O)CC(C(O)[CH]Cc2cc(F)cc(F)c2)NC2(CCCCC2)C1. The maximum Gasteiger partial charge on any atom is 0.126 e. The lowest BCUT2D eigenvalue weighted by Gasteiger charge is -2.52. The van der Waals surface area contributed by atoms with E-state index in [1.165, 1.54) is 18.6 Å². The van der Waals surface area contributed by atoms with Crippen molar-refractivity contribution >= 4 is 0 Å². The largest absolute Gasteiger partial charge is 0.391 e. The van der Waals surface area contributed by atoms with Gasteiger partial charge >= 0.3 is 0 Å². The molecule has 0 aromatic heterocycles. The number of nitrogens with one attached hydrogen (secondary N) is 1. The van der Waals surface area contributed by atoms with Crippen LogP contribution in [0.3, 0.4) is 0 Å². The second-order valence-corrected chi connectivity index (χ2v) is 9.01. The van der Waals surface area contributed by atoms with E-state index in [1.54, 1.807) is 6.42 Å². The van der Waals surface area contributed by atoms with Crippen molar-refractivity contribution in [2.24, 2.45) is 0 Å². The number of unbranched alkanes of at least 4 members (excludes halogenated alkanes) is 1. The van der Waals surface area contributed by atoms with Crippen LogP contribution >= 0.6 is 0 Å². The van der Waals surface area contributed by atoms with E-state index in [-0.39, 0.29) is 18.0 Å². The lowest BCUT2D eigenvalue weighted by molar-refractivity contribution is -0.0772. The summed E-state index contributed by atoms with van der Waals surface area (Å²) in [6.07, 6.45) is 10.8. The normalized spacial score (nSPS) is 28.4. The summed E-state index contributed by atoms with van der Waals surface area (Å²) in [5.74, 6) is -1.22. The standard InChI is InChI=1S/C23H34F2NO2/c1-2-3-11-23(28)15-20(26-22(16-23)9-5-4-6-10-22)21(27)8-7-17-12-18(24)14-19(25)13-17/h8,12-14,20-21,26-28H,2-7,9-11,15-16H2,1H3. The van der Waals surface area contributed by atoms with E-state index < -0.39 is 23.3 Å². The van der Waals surface area contributed by atoms with Crippen molar-refractivity contribution in [3.8, 4) is 0 Å². The van der Waals surface area contributed by atoms with Gasteiger partial charge in [0.2, 0.25) is 0 Å². The summed E-state index contributed by atoms with van der Waals surface area (Å²) < 4.78 is 26.8. The Labute approximate surface area is 167 Å². The van der Waals surface area contributed by atoms with Crippen LogP contribution < -0.4 is 5.32 Å². The third-order valence-electron chi connectivity index (χ3n) is 6.49. The fraction of sp³-hybridized carbons (Fsp3) is 0.696. The maximum absolute atomic E-state index is 13.4. The molecule has 1 aliphatic heterocycles. The lowest BCUT2D eigenvalue weighted by Crippen LogP contribution is -2.65. The van der Waals surface area contributed by atoms with Crippen molar-refractivity contribution in [1.82, 2.24) is 5.32 Å². The molecule has 1 aromatic rings. The third kappa shape index (κ3) is 5.52. The molecule has 3 unspecified atom stereocenters. The number of benzene rings is 1. The number of hydrogen-bond acceptors (Lipinski definition) is 3. The van der Waals surface area contributed by atoms with Gasteiger partial charge in [-0.05, 0) is 62.6 Å². The molecule has 1 aromatic carbocycles. The smallest absolute Gasteiger partial charge is 0.126 e. The van der Waals surface area contributed by atoms with Gasteiger partial charge in [0.15, 0.2) is 0 Å². The van der Waals surface area contributed by atoms with Crippen LogP contribution in [-0.4, -0.2) is 33.5 Å². The average Bonchev–Trinajstić information content (AvgIpc) is 2.64. The van der Waals surface area contributed by atoms with Gasteiger partial charge in [0.1, 0.15) is 11.6 Å². The van der Waals surface area contributed by atoms with Crippen LogP contribution in [0, 0.1) is 18.1 Å². The second kappa shape index (κ2) is 9.19. The Kier molecular flexibility index (Phi) is 7.11. The highest BCUT2D eigenvalue weighted by atomic mass is 19.1. The van der Waals surface area contributed by atoms with Gasteiger partial charge in [0.25, 0.3) is 0 Å². The molecule has 3 atom stereocenters. The Morgan fingerprint density at radius 3 is 2.50 bits per heavy atom. The van der Waals surface area contributed by atoms with E-state index in [2.05, 4.69) is 12.2 Å². The zero-order chi connectivity index (χ0) is 20.2. The fourth-order valence-electron chi connectivity index (χ4n) is 5.21. The molecule has 28 heavy (non-hydrogen) atoms. The summed E-state index contributed by atoms with van der Waals surface area (Å²) >= 11 is 0. The molecule has 1 saturated heterocycles. The Morgan fingerprint density at radius 1 is 1.18 bits per heavy atom. The Balaban J connectivity index is 1.68. The molecule has 0 amide bonds. The van der Waals surface area contributed by atoms with Crippen LogP contribution in [0.1, 0.15) is 76.7 Å². The minimum Gasteiger partial charge on any atom is -0.391 e. The van der Waals surface area contributed by atoms with Crippen LogP contribution in [0.15, 0.2) is 18.2 Å². The number of aliphatic hydroxyl groups excluding tert-OH is 1. The summed E-state index contributed by atoms with van der Waals surface area (Å²) in [6, 6.07) is 3.19. The summed E-state index contributed by atoms with van der Waals surface area (Å²) in [7, 11) is 0. The van der Waals surface area contributed by atoms with Gasteiger partial charge in [-0.15, -0.1) is 0 Å². The summed E-state index contributed by atoms with van der Waals surface area (Å²) in [5.41, 5.74) is -0.368. The molecule has 1 aliphatic carbocycles. The number of aliphatic hydroxyl groups is 2. The van der Waals surface area contributed by atoms with Crippen LogP contribution in [0.5, 0.6) is 0 Å². The van der Waals surface area contributed by atoms with E-state index in [0.717, 1.165) is 57.4 Å². The van der Waals surface area contributed by atoms with E-state index in [4.69, 9.17) is 0 Å². The molecule has 3 N–H and O–H groups in total. The molecular formula is C23H34F2NO2. The highest BCUT2D eigenvalue weighted by Gasteiger charge is 2.48. The van der Waals surface area contributed by atoms with Crippen molar-refractivity contribution in [3.63, 3.8) is 0 Å². The first-order chi connectivity index (χ1) is 13.3. The molecule has 5 heteroatoms. The van der Waals surface area contributed by atoms with Gasteiger partial charge in [0.05, 0.1) is 11.7 Å². The number of hydrogen-bond donors (Lipinski definition) is 3. The Bertz CT molecular complexity index is 627. The van der Waals surface area contributed by atoms with Gasteiger partial charge < -0.3 is 15.5 Å².